The third-order valence-corrected chi connectivity index (χ3v) is 14.4. The molecule has 0 fully saturated rings. The van der Waals surface area contributed by atoms with Gasteiger partial charge in [-0.1, -0.05) is 23.2 Å². The molecule has 4 heterocycles. The molecule has 0 N–H and O–H groups in total. The first-order valence-corrected chi connectivity index (χ1v) is 30.9. The summed E-state index contributed by atoms with van der Waals surface area (Å²) in [6.45, 7) is 11.7. The molecule has 14 heteroatoms. The van der Waals surface area contributed by atoms with Gasteiger partial charge in [-0.2, -0.15) is 0 Å². The Bertz CT molecular complexity index is 1630. The average Bonchev–Trinajstić information content (AvgIpc) is 3.60. The van der Waals surface area contributed by atoms with Crippen molar-refractivity contribution in [3.8, 4) is 5.82 Å². The number of allylic oxidation sites excluding steroid dienone is 1. The van der Waals surface area contributed by atoms with Crippen LogP contribution in [0.25, 0.3) is 5.82 Å². The fourth-order valence-electron chi connectivity index (χ4n) is 3.64. The van der Waals surface area contributed by atoms with Gasteiger partial charge in [-0.3, -0.25) is 0 Å². The van der Waals surface area contributed by atoms with E-state index >= 15 is 0 Å². The van der Waals surface area contributed by atoms with E-state index < -0.39 is 49.7 Å². The number of aliphatic imine (C=N–C) groups is 1. The Morgan fingerprint density at radius 3 is 1.62 bits per heavy atom. The molecule has 47 heavy (non-hydrogen) atoms. The van der Waals surface area contributed by atoms with Crippen LogP contribution in [-0.4, -0.2) is 80.5 Å². The zero-order valence-electron chi connectivity index (χ0n) is 29.3. The van der Waals surface area contributed by atoms with E-state index in [4.69, 9.17) is 44.3 Å². The van der Waals surface area contributed by atoms with Crippen LogP contribution >= 0.6 is 34.8 Å². The molecule has 0 amide bonds. The second kappa shape index (κ2) is 16.5. The van der Waals surface area contributed by atoms with E-state index in [1.165, 1.54) is 16.7 Å². The Hall–Kier alpha value is -2.18. The molecule has 0 aliphatic carbocycles. The zero-order valence-corrected chi connectivity index (χ0v) is 35.8. The van der Waals surface area contributed by atoms with Gasteiger partial charge in [0.25, 0.3) is 0 Å². The van der Waals surface area contributed by atoms with Crippen LogP contribution in [0, 0.1) is 0 Å². The van der Waals surface area contributed by atoms with Crippen LogP contribution in [-0.2, 0) is 9.47 Å². The quantitative estimate of drug-likeness (QED) is 0.144. The van der Waals surface area contributed by atoms with Crippen molar-refractivity contribution in [1.29, 1.82) is 0 Å². The second-order valence-electron chi connectivity index (χ2n) is 14.8. The van der Waals surface area contributed by atoms with Crippen LogP contribution in [0.3, 0.4) is 0 Å². The number of hydrogen-bond donors (Lipinski definition) is 0. The fraction of sp³-hybridized carbons (Fsp3) is 0.455. The molecule has 1 aliphatic rings. The third kappa shape index (κ3) is 14.1. The maximum atomic E-state index is 12.1. The van der Waals surface area contributed by atoms with Crippen LogP contribution in [0.1, 0.15) is 62.3 Å². The molecular formula is C33H46Cl3Ge2N5O4. The summed E-state index contributed by atoms with van der Waals surface area (Å²) in [5, 5.41) is 5.00. The molecule has 9 nitrogen and oxygen atoms in total. The molecule has 0 spiro atoms. The number of aromatic nitrogens is 4. The van der Waals surface area contributed by atoms with Crippen LogP contribution in [0.4, 0.5) is 0 Å². The van der Waals surface area contributed by atoms with Gasteiger partial charge in [0.15, 0.2) is 0 Å². The fourth-order valence-corrected chi connectivity index (χ4v) is 8.83. The summed E-state index contributed by atoms with van der Waals surface area (Å²) in [4.78, 5) is 36.1. The summed E-state index contributed by atoms with van der Waals surface area (Å²) in [6.07, 6.45) is 6.21. The van der Waals surface area contributed by atoms with E-state index in [-0.39, 0.29) is 26.6 Å². The Morgan fingerprint density at radius 2 is 1.26 bits per heavy atom. The normalized spacial score (nSPS) is 13.1. The molecule has 0 saturated carbocycles. The molecule has 0 radical (unpaired) electrons. The zero-order chi connectivity index (χ0) is 36.0. The van der Waals surface area contributed by atoms with Crippen molar-refractivity contribution in [2.75, 3.05) is 6.54 Å². The molecule has 0 bridgehead atoms. The molecule has 3 aromatic heterocycles. The van der Waals surface area contributed by atoms with Gasteiger partial charge in [-0.25, -0.2) is 9.78 Å². The molecule has 4 rings (SSSR count). The number of hydrogen-bond acceptors (Lipinski definition) is 8. The number of nitrogens with zero attached hydrogens (tertiary/aromatic N) is 5. The summed E-state index contributed by atoms with van der Waals surface area (Å²) in [5.74, 6) is 13.5. The van der Waals surface area contributed by atoms with E-state index in [2.05, 4.69) is 66.7 Å². The van der Waals surface area contributed by atoms with Gasteiger partial charge in [0.05, 0.1) is 5.56 Å². The maximum absolute atomic E-state index is 12.1. The van der Waals surface area contributed by atoms with Crippen LogP contribution in [0.2, 0.25) is 50.0 Å². The predicted octanol–water partition coefficient (Wildman–Crippen LogP) is 8.64. The molecule has 0 aromatic carbocycles. The summed E-state index contributed by atoms with van der Waals surface area (Å²) in [5.41, 5.74) is -0.656. The monoisotopic (exact) mass is 829 g/mol. The summed E-state index contributed by atoms with van der Waals surface area (Å²) in [7, 11) is 0. The minimum absolute atomic E-state index is 0.0525. The first-order chi connectivity index (χ1) is 21.4. The number of carbonyl (C=O) groups is 2. The van der Waals surface area contributed by atoms with Gasteiger partial charge >= 0.3 is 209 Å². The average molecular weight is 828 g/mol. The molecule has 3 aromatic rings. The Balaban J connectivity index is 0.000000273. The summed E-state index contributed by atoms with van der Waals surface area (Å²) < 4.78 is 14.7. The van der Waals surface area contributed by atoms with Crippen LogP contribution in [0.15, 0.2) is 53.7 Å². The topological polar surface area (TPSA) is 109 Å². The van der Waals surface area contributed by atoms with Crippen molar-refractivity contribution in [3.63, 3.8) is 0 Å². The molecule has 0 unspecified atom stereocenters. The van der Waals surface area contributed by atoms with E-state index in [1.54, 1.807) is 37.6 Å². The van der Waals surface area contributed by atoms with E-state index in [9.17, 15) is 9.59 Å². The van der Waals surface area contributed by atoms with Crippen LogP contribution in [0.5, 0.6) is 0 Å². The number of ether oxygens (including phenoxy) is 2. The van der Waals surface area contributed by atoms with Crippen molar-refractivity contribution in [1.82, 2.24) is 19.7 Å². The molecular weight excluding hydrogens is 782 g/mol. The van der Waals surface area contributed by atoms with Crippen molar-refractivity contribution < 1.29 is 19.1 Å². The molecule has 0 atom stereocenters. The first kappa shape index (κ1) is 41.0. The van der Waals surface area contributed by atoms with Gasteiger partial charge in [-0.15, -0.1) is 0 Å². The number of pyridine rings is 2. The standard InChI is InChI=1S/C16H22ClGeN3O2.C10H11Cl2NO2.C7H13GeN/c1-16(2,3)23-15(22)11-7-8-13(19-14(11)17)21-10-9-12(20-21)18(4,5)6;1-10(2,3)15-9(14)6-4-5-7(11)13-8(6)12;1-8(2,3)7-5-4-6-9-7/h7-10H,1-6H3;4-5H,1-3H3;4-5H,6H2,1-3H3. The van der Waals surface area contributed by atoms with Crippen molar-refractivity contribution in [2.45, 2.75) is 87.3 Å². The molecule has 0 saturated heterocycles. The number of rotatable bonds is 5. The van der Waals surface area contributed by atoms with E-state index in [0.717, 1.165) is 11.1 Å². The third-order valence-electron chi connectivity index (χ3n) is 5.89. The second-order valence-corrected chi connectivity index (χ2v) is 36.9. The van der Waals surface area contributed by atoms with Gasteiger partial charge < -0.3 is 4.74 Å². The first-order valence-electron chi connectivity index (χ1n) is 15.1. The summed E-state index contributed by atoms with van der Waals surface area (Å²) in [6, 6.07) is 8.35. The minimum atomic E-state index is -1.98. The van der Waals surface area contributed by atoms with Gasteiger partial charge in [0.2, 0.25) is 0 Å². The van der Waals surface area contributed by atoms with Crippen molar-refractivity contribution in [2.24, 2.45) is 4.99 Å². The van der Waals surface area contributed by atoms with E-state index in [1.807, 2.05) is 33.0 Å². The molecule has 1 aliphatic heterocycles. The SMILES string of the molecule is CC(C)(C)OC(=O)c1ccc(-n2cc[c]([Ge]([CH3])([CH3])[CH3])n2)nc1Cl.CC(C)(C)OC(=O)c1ccc(Cl)nc1Cl.[CH3][Ge]([CH3])([CH3])[C]1=NCC=C1. The number of carbonyl (C=O) groups excluding carboxylic acids is 2. The van der Waals surface area contributed by atoms with Crippen LogP contribution < -0.4 is 4.53 Å². The van der Waals surface area contributed by atoms with E-state index in [0.29, 0.717) is 5.82 Å². The Labute approximate surface area is 299 Å². The Morgan fingerprint density at radius 1 is 0.745 bits per heavy atom. The molecule has 256 valence electrons. The number of halogens is 3. The van der Waals surface area contributed by atoms with Crippen molar-refractivity contribution in [3.05, 3.63) is 75.3 Å². The van der Waals surface area contributed by atoms with Gasteiger partial charge in [0.1, 0.15) is 15.9 Å². The van der Waals surface area contributed by atoms with Gasteiger partial charge in [-0.05, 0) is 32.9 Å². The predicted molar refractivity (Wildman–Crippen MR) is 199 cm³/mol. The Kier molecular flexibility index (Phi) is 14.4. The number of esters is 2. The van der Waals surface area contributed by atoms with Crippen molar-refractivity contribution >= 4 is 82.3 Å². The van der Waals surface area contributed by atoms with Gasteiger partial charge in [0, 0.05) is 0 Å². The summed E-state index contributed by atoms with van der Waals surface area (Å²) >= 11 is 14.0.